The van der Waals surface area contributed by atoms with E-state index in [0.29, 0.717) is 0 Å². The van der Waals surface area contributed by atoms with Crippen LogP contribution >= 0.6 is 0 Å². The van der Waals surface area contributed by atoms with Gasteiger partial charge in [0, 0.05) is 12.1 Å². The van der Waals surface area contributed by atoms with E-state index in [1.807, 2.05) is 49.9 Å². The average Bonchev–Trinajstić information content (AvgIpc) is 2.79. The van der Waals surface area contributed by atoms with Crippen LogP contribution in [0.5, 0.6) is 0 Å². The van der Waals surface area contributed by atoms with Crippen molar-refractivity contribution in [1.82, 2.24) is 15.1 Å². The number of hydrogen-bond acceptors (Lipinski definition) is 3. The second kappa shape index (κ2) is 6.74. The minimum absolute atomic E-state index is 0.135. The standard InChI is InChI=1S/C20H27N3O3/c1-13-8-10-16(11-9-13)20(4)18(25)22(19(26)21-20)12-17(24)23-14(2)6-5-7-15(23)3/h8-11,14-15H,5-7,12H2,1-4H3,(H,21,26)/t14-,15-,20+/m0/s1. The van der Waals surface area contributed by atoms with Crippen molar-refractivity contribution in [1.29, 1.82) is 0 Å². The van der Waals surface area contributed by atoms with Crippen molar-refractivity contribution in [2.24, 2.45) is 0 Å². The molecule has 2 aliphatic heterocycles. The van der Waals surface area contributed by atoms with Crippen molar-refractivity contribution in [3.05, 3.63) is 35.4 Å². The SMILES string of the molecule is Cc1ccc([C@@]2(C)NC(=O)N(CC(=O)N3[C@@H](C)CCC[C@@H]3C)C2=O)cc1. The van der Waals surface area contributed by atoms with Gasteiger partial charge in [-0.3, -0.25) is 14.5 Å². The second-order valence-electron chi connectivity index (χ2n) is 7.74. The van der Waals surface area contributed by atoms with E-state index in [1.54, 1.807) is 6.92 Å². The van der Waals surface area contributed by atoms with Crippen LogP contribution in [0.3, 0.4) is 0 Å². The van der Waals surface area contributed by atoms with Gasteiger partial charge < -0.3 is 10.2 Å². The van der Waals surface area contributed by atoms with Crippen molar-refractivity contribution in [3.8, 4) is 0 Å². The lowest BCUT2D eigenvalue weighted by Crippen LogP contribution is -2.52. The number of nitrogens with zero attached hydrogens (tertiary/aromatic N) is 2. The predicted molar refractivity (Wildman–Crippen MR) is 98.4 cm³/mol. The number of urea groups is 1. The van der Waals surface area contributed by atoms with Crippen LogP contribution in [0.15, 0.2) is 24.3 Å². The summed E-state index contributed by atoms with van der Waals surface area (Å²) >= 11 is 0. The quantitative estimate of drug-likeness (QED) is 0.845. The van der Waals surface area contributed by atoms with Crippen molar-refractivity contribution in [3.63, 3.8) is 0 Å². The number of aryl methyl sites for hydroxylation is 1. The molecule has 140 valence electrons. The maximum Gasteiger partial charge on any atom is 0.325 e. The first-order valence-electron chi connectivity index (χ1n) is 9.26. The maximum absolute atomic E-state index is 13.0. The van der Waals surface area contributed by atoms with Crippen LogP contribution in [0.2, 0.25) is 0 Å². The zero-order valence-corrected chi connectivity index (χ0v) is 15.9. The summed E-state index contributed by atoms with van der Waals surface area (Å²) in [6.45, 7) is 7.49. The van der Waals surface area contributed by atoms with Crippen LogP contribution in [0, 0.1) is 6.92 Å². The topological polar surface area (TPSA) is 69.7 Å². The first-order valence-corrected chi connectivity index (χ1v) is 9.26. The van der Waals surface area contributed by atoms with E-state index in [2.05, 4.69) is 5.32 Å². The van der Waals surface area contributed by atoms with Crippen molar-refractivity contribution >= 4 is 17.8 Å². The average molecular weight is 357 g/mol. The number of hydrogen-bond donors (Lipinski definition) is 1. The third-order valence-electron chi connectivity index (χ3n) is 5.68. The molecule has 3 atom stereocenters. The first-order chi connectivity index (χ1) is 12.2. The van der Waals surface area contributed by atoms with Gasteiger partial charge >= 0.3 is 6.03 Å². The number of amides is 4. The molecule has 0 aliphatic carbocycles. The summed E-state index contributed by atoms with van der Waals surface area (Å²) in [5, 5.41) is 2.76. The molecule has 0 unspecified atom stereocenters. The largest absolute Gasteiger partial charge is 0.336 e. The molecule has 4 amide bonds. The molecule has 1 aromatic rings. The van der Waals surface area contributed by atoms with E-state index < -0.39 is 11.6 Å². The summed E-state index contributed by atoms with van der Waals surface area (Å²) in [5.74, 6) is -0.543. The predicted octanol–water partition coefficient (Wildman–Crippen LogP) is 2.55. The van der Waals surface area contributed by atoms with Gasteiger partial charge in [-0.15, -0.1) is 0 Å². The second-order valence-corrected chi connectivity index (χ2v) is 7.74. The molecule has 3 rings (SSSR count). The molecule has 26 heavy (non-hydrogen) atoms. The van der Waals surface area contributed by atoms with E-state index in [1.165, 1.54) is 0 Å². The summed E-state index contributed by atoms with van der Waals surface area (Å²) < 4.78 is 0. The fourth-order valence-corrected chi connectivity index (χ4v) is 4.05. The Kier molecular flexibility index (Phi) is 4.78. The zero-order valence-electron chi connectivity index (χ0n) is 15.9. The summed E-state index contributed by atoms with van der Waals surface area (Å²) in [4.78, 5) is 41.1. The Morgan fingerprint density at radius 1 is 1.15 bits per heavy atom. The molecular weight excluding hydrogens is 330 g/mol. The molecule has 2 heterocycles. The van der Waals surface area contributed by atoms with Crippen LogP contribution in [-0.2, 0) is 15.1 Å². The highest BCUT2D eigenvalue weighted by molar-refractivity contribution is 6.09. The lowest BCUT2D eigenvalue weighted by molar-refractivity contribution is -0.142. The van der Waals surface area contributed by atoms with Gasteiger partial charge in [-0.2, -0.15) is 0 Å². The van der Waals surface area contributed by atoms with Gasteiger partial charge in [-0.1, -0.05) is 29.8 Å². The lowest BCUT2D eigenvalue weighted by Gasteiger charge is -2.39. The van der Waals surface area contributed by atoms with Gasteiger partial charge in [0.05, 0.1) is 0 Å². The van der Waals surface area contributed by atoms with Gasteiger partial charge in [-0.25, -0.2) is 4.79 Å². The number of likely N-dealkylation sites (tertiary alicyclic amines) is 1. The molecule has 2 saturated heterocycles. The van der Waals surface area contributed by atoms with Crippen LogP contribution < -0.4 is 5.32 Å². The highest BCUT2D eigenvalue weighted by Gasteiger charge is 2.50. The molecular formula is C20H27N3O3. The minimum atomic E-state index is -1.13. The monoisotopic (exact) mass is 357 g/mol. The molecule has 0 bridgehead atoms. The van der Waals surface area contributed by atoms with Gasteiger partial charge in [0.15, 0.2) is 0 Å². The van der Waals surface area contributed by atoms with E-state index >= 15 is 0 Å². The first kappa shape index (κ1) is 18.4. The lowest BCUT2D eigenvalue weighted by atomic mass is 9.91. The zero-order chi connectivity index (χ0) is 19.1. The number of nitrogens with one attached hydrogen (secondary N) is 1. The number of imide groups is 1. The van der Waals surface area contributed by atoms with E-state index in [-0.39, 0.29) is 30.4 Å². The number of carbonyl (C=O) groups excluding carboxylic acids is 3. The van der Waals surface area contributed by atoms with Crippen LogP contribution in [0.25, 0.3) is 0 Å². The molecule has 0 saturated carbocycles. The molecule has 0 aromatic heterocycles. The van der Waals surface area contributed by atoms with Crippen molar-refractivity contribution in [2.75, 3.05) is 6.54 Å². The molecule has 0 spiro atoms. The maximum atomic E-state index is 13.0. The van der Waals surface area contributed by atoms with Crippen molar-refractivity contribution < 1.29 is 14.4 Å². The molecule has 1 N–H and O–H groups in total. The van der Waals surface area contributed by atoms with Gasteiger partial charge in [0.1, 0.15) is 12.1 Å². The molecule has 6 heteroatoms. The Hall–Kier alpha value is -2.37. The smallest absolute Gasteiger partial charge is 0.325 e. The molecule has 6 nitrogen and oxygen atoms in total. The summed E-state index contributed by atoms with van der Waals surface area (Å²) in [5.41, 5.74) is 0.662. The Bertz CT molecular complexity index is 720. The number of piperidine rings is 1. The van der Waals surface area contributed by atoms with Gasteiger partial charge in [-0.05, 0) is 52.5 Å². The van der Waals surface area contributed by atoms with Gasteiger partial charge in [0.2, 0.25) is 5.91 Å². The minimum Gasteiger partial charge on any atom is -0.336 e. The summed E-state index contributed by atoms with van der Waals surface area (Å²) in [7, 11) is 0. The third-order valence-corrected chi connectivity index (χ3v) is 5.68. The van der Waals surface area contributed by atoms with E-state index in [9.17, 15) is 14.4 Å². The van der Waals surface area contributed by atoms with Crippen LogP contribution in [-0.4, -0.2) is 46.3 Å². The number of rotatable bonds is 3. The fourth-order valence-electron chi connectivity index (χ4n) is 4.05. The fraction of sp³-hybridized carbons (Fsp3) is 0.550. The van der Waals surface area contributed by atoms with Crippen molar-refractivity contribution in [2.45, 2.75) is 64.6 Å². The molecule has 2 fully saturated rings. The van der Waals surface area contributed by atoms with E-state index in [0.717, 1.165) is 35.3 Å². The summed E-state index contributed by atoms with van der Waals surface area (Å²) in [6, 6.07) is 7.26. The highest BCUT2D eigenvalue weighted by atomic mass is 16.2. The molecule has 2 aliphatic rings. The van der Waals surface area contributed by atoms with Crippen LogP contribution in [0.1, 0.15) is 51.2 Å². The molecule has 0 radical (unpaired) electrons. The Morgan fingerprint density at radius 3 is 2.31 bits per heavy atom. The molecule has 1 aromatic carbocycles. The summed E-state index contributed by atoms with van der Waals surface area (Å²) in [6.07, 6.45) is 3.01. The third kappa shape index (κ3) is 3.08. The van der Waals surface area contributed by atoms with Crippen LogP contribution in [0.4, 0.5) is 4.79 Å². The van der Waals surface area contributed by atoms with E-state index in [4.69, 9.17) is 0 Å². The number of benzene rings is 1. The Balaban J connectivity index is 1.79. The highest BCUT2D eigenvalue weighted by Crippen LogP contribution is 2.30. The normalized spacial score (nSPS) is 29.1. The van der Waals surface area contributed by atoms with Gasteiger partial charge in [0.25, 0.3) is 5.91 Å². The Morgan fingerprint density at radius 2 is 1.73 bits per heavy atom. The Labute approximate surface area is 154 Å². The number of carbonyl (C=O) groups is 3.